The molecule has 19 heavy (non-hydrogen) atoms. The lowest BCUT2D eigenvalue weighted by Crippen LogP contribution is -2.45. The monoisotopic (exact) mass is 262 g/mol. The van der Waals surface area contributed by atoms with Gasteiger partial charge < -0.3 is 10.6 Å². The molecule has 4 unspecified atom stereocenters. The standard InChI is InChI=1S/C14H22N4O/c1-17(7-9-6-16-18(2)8-9)14(19)12-10-3-4-11(5-10)13(12)15/h6,8,10-13H,3-5,7,15H2,1-2H3. The summed E-state index contributed by atoms with van der Waals surface area (Å²) in [4.78, 5) is 14.4. The number of nitrogens with two attached hydrogens (primary N) is 1. The molecule has 2 N–H and O–H groups in total. The highest BCUT2D eigenvalue weighted by atomic mass is 16.2. The Bertz CT molecular complexity index is 482. The van der Waals surface area contributed by atoms with Crippen LogP contribution in [0.25, 0.3) is 0 Å². The molecule has 5 heteroatoms. The van der Waals surface area contributed by atoms with Gasteiger partial charge >= 0.3 is 0 Å². The molecule has 2 aliphatic rings. The van der Waals surface area contributed by atoms with Crippen LogP contribution < -0.4 is 5.73 Å². The van der Waals surface area contributed by atoms with Gasteiger partial charge in [0, 0.05) is 38.4 Å². The summed E-state index contributed by atoms with van der Waals surface area (Å²) in [7, 11) is 3.76. The maximum absolute atomic E-state index is 12.6. The van der Waals surface area contributed by atoms with Crippen molar-refractivity contribution in [2.75, 3.05) is 7.05 Å². The summed E-state index contributed by atoms with van der Waals surface area (Å²) in [6.45, 7) is 0.618. The Balaban J connectivity index is 1.67. The van der Waals surface area contributed by atoms with E-state index in [1.807, 2.05) is 31.4 Å². The Morgan fingerprint density at radius 2 is 2.26 bits per heavy atom. The summed E-state index contributed by atoms with van der Waals surface area (Å²) in [6, 6.07) is 0.0719. The molecule has 1 amide bonds. The summed E-state index contributed by atoms with van der Waals surface area (Å²) in [5.74, 6) is 1.35. The van der Waals surface area contributed by atoms with E-state index < -0.39 is 0 Å². The molecule has 0 radical (unpaired) electrons. The van der Waals surface area contributed by atoms with Crippen LogP contribution in [0.2, 0.25) is 0 Å². The molecular weight excluding hydrogens is 240 g/mol. The third kappa shape index (κ3) is 2.16. The number of aromatic nitrogens is 2. The minimum absolute atomic E-state index is 0.0421. The normalized spacial score (nSPS) is 32.8. The van der Waals surface area contributed by atoms with Gasteiger partial charge in [-0.15, -0.1) is 0 Å². The fourth-order valence-corrected chi connectivity index (χ4v) is 3.86. The Morgan fingerprint density at radius 3 is 2.84 bits per heavy atom. The Labute approximate surface area is 113 Å². The van der Waals surface area contributed by atoms with Gasteiger partial charge in [0.2, 0.25) is 5.91 Å². The van der Waals surface area contributed by atoms with Crippen LogP contribution in [0.15, 0.2) is 12.4 Å². The maximum Gasteiger partial charge on any atom is 0.227 e. The lowest BCUT2D eigenvalue weighted by Gasteiger charge is -2.30. The van der Waals surface area contributed by atoms with E-state index in [1.165, 1.54) is 12.8 Å². The number of carbonyl (C=O) groups excluding carboxylic acids is 1. The Kier molecular flexibility index (Phi) is 3.09. The molecule has 1 heterocycles. The van der Waals surface area contributed by atoms with E-state index in [9.17, 15) is 4.79 Å². The van der Waals surface area contributed by atoms with Gasteiger partial charge in [-0.2, -0.15) is 5.10 Å². The number of carbonyl (C=O) groups is 1. The zero-order valence-electron chi connectivity index (χ0n) is 11.6. The molecule has 1 aromatic heterocycles. The van der Waals surface area contributed by atoms with Crippen LogP contribution in [0, 0.1) is 17.8 Å². The van der Waals surface area contributed by atoms with E-state index in [1.54, 1.807) is 4.68 Å². The van der Waals surface area contributed by atoms with Crippen molar-refractivity contribution in [3.05, 3.63) is 18.0 Å². The van der Waals surface area contributed by atoms with E-state index in [0.29, 0.717) is 18.4 Å². The molecule has 1 aromatic rings. The van der Waals surface area contributed by atoms with E-state index in [-0.39, 0.29) is 17.9 Å². The van der Waals surface area contributed by atoms with Gasteiger partial charge in [-0.25, -0.2) is 0 Å². The predicted octanol–water partition coefficient (Wildman–Crippen LogP) is 0.752. The quantitative estimate of drug-likeness (QED) is 0.874. The van der Waals surface area contributed by atoms with Crippen LogP contribution in [0.4, 0.5) is 0 Å². The SMILES string of the molecule is CN(Cc1cnn(C)c1)C(=O)C1C2CCC(C2)C1N. The zero-order valence-corrected chi connectivity index (χ0v) is 11.6. The van der Waals surface area contributed by atoms with E-state index in [2.05, 4.69) is 5.10 Å². The van der Waals surface area contributed by atoms with Crippen molar-refractivity contribution in [2.45, 2.75) is 31.8 Å². The predicted molar refractivity (Wildman–Crippen MR) is 72.0 cm³/mol. The van der Waals surface area contributed by atoms with Gasteiger partial charge in [0.1, 0.15) is 0 Å². The van der Waals surface area contributed by atoms with Crippen LogP contribution in [0.1, 0.15) is 24.8 Å². The highest BCUT2D eigenvalue weighted by Gasteiger charge is 2.49. The van der Waals surface area contributed by atoms with Gasteiger partial charge in [0.05, 0.1) is 12.1 Å². The number of hydrogen-bond acceptors (Lipinski definition) is 3. The van der Waals surface area contributed by atoms with Crippen LogP contribution in [-0.4, -0.2) is 33.7 Å². The molecule has 2 fully saturated rings. The molecule has 0 saturated heterocycles. The minimum Gasteiger partial charge on any atom is -0.341 e. The molecule has 0 spiro atoms. The number of rotatable bonds is 3. The summed E-state index contributed by atoms with van der Waals surface area (Å²) < 4.78 is 1.76. The van der Waals surface area contributed by atoms with Crippen molar-refractivity contribution in [3.63, 3.8) is 0 Å². The lowest BCUT2D eigenvalue weighted by atomic mass is 9.84. The van der Waals surface area contributed by atoms with E-state index in [4.69, 9.17) is 5.73 Å². The van der Waals surface area contributed by atoms with Crippen molar-refractivity contribution in [3.8, 4) is 0 Å². The van der Waals surface area contributed by atoms with Crippen LogP contribution in [-0.2, 0) is 18.4 Å². The number of fused-ring (bicyclic) bond motifs is 2. The maximum atomic E-state index is 12.6. The summed E-state index contributed by atoms with van der Waals surface area (Å²) in [5, 5.41) is 4.13. The number of nitrogens with zero attached hydrogens (tertiary/aromatic N) is 3. The smallest absolute Gasteiger partial charge is 0.227 e. The average Bonchev–Trinajstić information content (AvgIpc) is 3.05. The Morgan fingerprint density at radius 1 is 1.53 bits per heavy atom. The van der Waals surface area contributed by atoms with Gasteiger partial charge in [-0.1, -0.05) is 0 Å². The van der Waals surface area contributed by atoms with E-state index >= 15 is 0 Å². The molecule has 104 valence electrons. The second kappa shape index (κ2) is 4.63. The third-order valence-electron chi connectivity index (χ3n) is 4.82. The minimum atomic E-state index is 0.0421. The summed E-state index contributed by atoms with van der Waals surface area (Å²) >= 11 is 0. The van der Waals surface area contributed by atoms with Crippen LogP contribution in [0.3, 0.4) is 0 Å². The Hall–Kier alpha value is -1.36. The summed E-state index contributed by atoms with van der Waals surface area (Å²) in [6.07, 6.45) is 7.30. The number of aryl methyl sites for hydroxylation is 1. The lowest BCUT2D eigenvalue weighted by molar-refractivity contribution is -0.137. The fraction of sp³-hybridized carbons (Fsp3) is 0.714. The molecule has 4 atom stereocenters. The van der Waals surface area contributed by atoms with Gasteiger partial charge in [-0.3, -0.25) is 9.48 Å². The van der Waals surface area contributed by atoms with Gasteiger partial charge in [-0.05, 0) is 31.1 Å². The van der Waals surface area contributed by atoms with Crippen molar-refractivity contribution in [2.24, 2.45) is 30.5 Å². The van der Waals surface area contributed by atoms with Gasteiger partial charge in [0.15, 0.2) is 0 Å². The van der Waals surface area contributed by atoms with Crippen molar-refractivity contribution in [1.82, 2.24) is 14.7 Å². The van der Waals surface area contributed by atoms with Crippen molar-refractivity contribution in [1.29, 1.82) is 0 Å². The molecule has 2 bridgehead atoms. The molecule has 2 saturated carbocycles. The second-order valence-electron chi connectivity index (χ2n) is 6.15. The molecule has 2 aliphatic carbocycles. The number of hydrogen-bond donors (Lipinski definition) is 1. The largest absolute Gasteiger partial charge is 0.341 e. The van der Waals surface area contributed by atoms with Crippen LogP contribution in [0.5, 0.6) is 0 Å². The van der Waals surface area contributed by atoms with Gasteiger partial charge in [0.25, 0.3) is 0 Å². The number of amides is 1. The van der Waals surface area contributed by atoms with Crippen molar-refractivity contribution >= 4 is 5.91 Å². The highest BCUT2D eigenvalue weighted by Crippen LogP contribution is 2.48. The van der Waals surface area contributed by atoms with E-state index in [0.717, 1.165) is 12.0 Å². The summed E-state index contributed by atoms with van der Waals surface area (Å²) in [5.41, 5.74) is 7.30. The van der Waals surface area contributed by atoms with Crippen LogP contribution >= 0.6 is 0 Å². The molecule has 3 rings (SSSR count). The first-order chi connectivity index (χ1) is 9.06. The first-order valence-electron chi connectivity index (χ1n) is 7.04. The fourth-order valence-electron chi connectivity index (χ4n) is 3.86. The first-order valence-corrected chi connectivity index (χ1v) is 7.04. The highest BCUT2D eigenvalue weighted by molar-refractivity contribution is 5.80. The molecular formula is C14H22N4O. The first kappa shape index (κ1) is 12.7. The topological polar surface area (TPSA) is 64.2 Å². The average molecular weight is 262 g/mol. The second-order valence-corrected chi connectivity index (χ2v) is 6.15. The molecule has 5 nitrogen and oxygen atoms in total. The third-order valence-corrected chi connectivity index (χ3v) is 4.82. The zero-order chi connectivity index (χ0) is 13.6. The molecule has 0 aliphatic heterocycles. The molecule has 0 aromatic carbocycles. The van der Waals surface area contributed by atoms with Crippen molar-refractivity contribution < 1.29 is 4.79 Å².